The van der Waals surface area contributed by atoms with Crippen molar-refractivity contribution >= 4 is 78.7 Å². The van der Waals surface area contributed by atoms with Crippen molar-refractivity contribution in [2.75, 3.05) is 0 Å². The summed E-state index contributed by atoms with van der Waals surface area (Å²) in [4.78, 5) is 95.8. The molecule has 0 fully saturated rings. The summed E-state index contributed by atoms with van der Waals surface area (Å²) in [5.74, 6) is -5.66. The third-order valence-electron chi connectivity index (χ3n) is 9.83. The van der Waals surface area contributed by atoms with E-state index in [-0.39, 0.29) is 35.1 Å². The molecular formula is C36H22N6O8. The number of carboxylic acids is 2. The highest BCUT2D eigenvalue weighted by atomic mass is 16.4. The smallest absolute Gasteiger partial charge is 0.327 e. The van der Waals surface area contributed by atoms with Crippen LogP contribution in [0.3, 0.4) is 0 Å². The Morgan fingerprint density at radius 1 is 0.540 bits per heavy atom. The maximum absolute atomic E-state index is 14.0. The molecule has 0 aliphatic carbocycles. The summed E-state index contributed by atoms with van der Waals surface area (Å²) in [6.45, 7) is 0. The molecule has 2 aliphatic heterocycles. The molecule has 7 aromatic rings. The molecular weight excluding hydrogens is 644 g/mol. The fourth-order valence-electron chi connectivity index (χ4n) is 7.66. The molecule has 2 atom stereocenters. The number of carbonyl (C=O) groups is 6. The second kappa shape index (κ2) is 10.3. The van der Waals surface area contributed by atoms with Gasteiger partial charge < -0.3 is 20.2 Å². The van der Waals surface area contributed by atoms with Gasteiger partial charge in [0.05, 0.1) is 12.7 Å². The average Bonchev–Trinajstić information content (AvgIpc) is 3.83. The lowest BCUT2D eigenvalue weighted by atomic mass is 9.82. The van der Waals surface area contributed by atoms with Crippen LogP contribution in [0.1, 0.15) is 52.8 Å². The van der Waals surface area contributed by atoms with Crippen molar-refractivity contribution in [2.24, 2.45) is 0 Å². The second-order valence-electron chi connectivity index (χ2n) is 12.4. The first-order valence-electron chi connectivity index (χ1n) is 15.5. The van der Waals surface area contributed by atoms with Crippen molar-refractivity contribution < 1.29 is 39.0 Å². The van der Waals surface area contributed by atoms with Gasteiger partial charge in [-0.15, -0.1) is 0 Å². The number of carboxylic acid groups (broad SMARTS) is 2. The van der Waals surface area contributed by atoms with Crippen molar-refractivity contribution in [3.8, 4) is 0 Å². The van der Waals surface area contributed by atoms with Crippen LogP contribution in [-0.2, 0) is 22.4 Å². The number of carbonyl (C=O) groups excluding carboxylic acids is 4. The van der Waals surface area contributed by atoms with Crippen LogP contribution in [0.25, 0.3) is 43.1 Å². The Morgan fingerprint density at radius 2 is 0.860 bits per heavy atom. The Hall–Kier alpha value is -6.96. The molecule has 14 nitrogen and oxygen atoms in total. The first kappa shape index (κ1) is 29.2. The monoisotopic (exact) mass is 666 g/mol. The molecule has 0 saturated carbocycles. The van der Waals surface area contributed by atoms with Gasteiger partial charge in [-0.3, -0.25) is 29.0 Å². The quantitative estimate of drug-likeness (QED) is 0.105. The number of aromatic amines is 2. The van der Waals surface area contributed by atoms with E-state index in [0.29, 0.717) is 54.5 Å². The molecule has 2 aliphatic rings. The van der Waals surface area contributed by atoms with E-state index < -0.39 is 47.7 Å². The molecule has 4 heterocycles. The number of nitrogens with zero attached hydrogens (tertiary/aromatic N) is 4. The third-order valence-corrected chi connectivity index (χ3v) is 9.83. The molecule has 0 saturated heterocycles. The normalized spacial score (nSPS) is 15.6. The minimum atomic E-state index is -1.49. The van der Waals surface area contributed by atoms with Gasteiger partial charge in [0, 0.05) is 69.6 Å². The van der Waals surface area contributed by atoms with E-state index in [1.54, 1.807) is 48.5 Å². The number of amides is 4. The molecule has 9 rings (SSSR count). The number of hydrogen-bond donors (Lipinski definition) is 4. The van der Waals surface area contributed by atoms with E-state index in [1.807, 2.05) is 0 Å². The Balaban J connectivity index is 1.22. The molecule has 244 valence electrons. The fraction of sp³-hybridized carbons (Fsp3) is 0.111. The van der Waals surface area contributed by atoms with Crippen LogP contribution in [0, 0.1) is 0 Å². The highest BCUT2D eigenvalue weighted by Crippen LogP contribution is 2.46. The van der Waals surface area contributed by atoms with Crippen LogP contribution >= 0.6 is 0 Å². The lowest BCUT2D eigenvalue weighted by Crippen LogP contribution is -2.51. The van der Waals surface area contributed by atoms with E-state index in [4.69, 9.17) is 0 Å². The van der Waals surface area contributed by atoms with Crippen LogP contribution in [-0.4, -0.2) is 87.6 Å². The molecule has 4 N–H and O–H groups in total. The molecule has 0 spiro atoms. The van der Waals surface area contributed by atoms with Crippen molar-refractivity contribution in [2.45, 2.75) is 24.9 Å². The van der Waals surface area contributed by atoms with Crippen molar-refractivity contribution in [3.05, 3.63) is 107 Å². The van der Waals surface area contributed by atoms with Gasteiger partial charge in [-0.1, -0.05) is 24.3 Å². The van der Waals surface area contributed by atoms with Gasteiger partial charge in [0.15, 0.2) is 0 Å². The second-order valence-corrected chi connectivity index (χ2v) is 12.4. The first-order valence-corrected chi connectivity index (χ1v) is 15.5. The molecule has 0 bridgehead atoms. The van der Waals surface area contributed by atoms with Gasteiger partial charge in [-0.05, 0) is 56.6 Å². The molecule has 50 heavy (non-hydrogen) atoms. The number of hydrogen-bond acceptors (Lipinski definition) is 8. The summed E-state index contributed by atoms with van der Waals surface area (Å²) in [5, 5.41) is 24.8. The maximum Gasteiger partial charge on any atom is 0.327 e. The summed E-state index contributed by atoms with van der Waals surface area (Å²) in [6, 6.07) is 10.2. The summed E-state index contributed by atoms with van der Waals surface area (Å²) < 4.78 is 0. The van der Waals surface area contributed by atoms with Crippen LogP contribution in [0.2, 0.25) is 0 Å². The van der Waals surface area contributed by atoms with Crippen LogP contribution in [0.4, 0.5) is 0 Å². The zero-order valence-corrected chi connectivity index (χ0v) is 25.6. The van der Waals surface area contributed by atoms with Crippen molar-refractivity contribution in [3.63, 3.8) is 0 Å². The molecule has 4 amide bonds. The number of imidazole rings is 2. The largest absolute Gasteiger partial charge is 0.480 e. The number of H-pyrrole nitrogens is 2. The van der Waals surface area contributed by atoms with Crippen molar-refractivity contribution in [1.29, 1.82) is 0 Å². The predicted molar refractivity (Wildman–Crippen MR) is 176 cm³/mol. The highest BCUT2D eigenvalue weighted by molar-refractivity contribution is 6.41. The van der Waals surface area contributed by atoms with E-state index in [1.165, 1.54) is 25.0 Å². The summed E-state index contributed by atoms with van der Waals surface area (Å²) in [5.41, 5.74) is 1.57. The molecule has 14 heteroatoms. The summed E-state index contributed by atoms with van der Waals surface area (Å²) >= 11 is 0. The summed E-state index contributed by atoms with van der Waals surface area (Å²) in [6.07, 6.45) is 5.32. The Morgan fingerprint density at radius 3 is 1.12 bits per heavy atom. The van der Waals surface area contributed by atoms with Gasteiger partial charge in [-0.2, -0.15) is 0 Å². The Kier molecular flexibility index (Phi) is 6.00. The standard InChI is InChI=1S/C36H22N6O8/c43-31-21-5-1-17-18-2-6-23-30-24(34(46)42(33(23)45)26(36(49)50)10-16-12-38-14-40-16)8-4-20(28(18)30)19-3-7-22(29(21)27(17)19)32(44)41(31)25(35(47)48)9-15-11-37-13-39-15/h1-8,11-14,25-26H,9-10H2,(H,37,39)(H,38,40)(H,47,48)(H,49,50)/t25-,26-/m0/s1. The predicted octanol–water partition coefficient (Wildman–Crippen LogP) is 3.77. The molecule has 2 aromatic heterocycles. The SMILES string of the molecule is O=C(O)[C@H](Cc1cnc[nH]1)N1C(=O)c2ccc3c4ccc5c6c(ccc(c7ccc(c2c37)C1=O)c64)C(=O)N([C@@H](Cc1cnc[nH]1)C(=O)O)C5=O. The molecule has 0 radical (unpaired) electrons. The van der Waals surface area contributed by atoms with Gasteiger partial charge in [-0.25, -0.2) is 19.6 Å². The number of benzene rings is 5. The maximum atomic E-state index is 14.0. The van der Waals surface area contributed by atoms with Crippen LogP contribution in [0.5, 0.6) is 0 Å². The molecule has 5 aromatic carbocycles. The lowest BCUT2D eigenvalue weighted by molar-refractivity contribution is -0.142. The topological polar surface area (TPSA) is 207 Å². The van der Waals surface area contributed by atoms with E-state index in [9.17, 15) is 39.0 Å². The number of rotatable bonds is 8. The fourth-order valence-corrected chi connectivity index (χ4v) is 7.66. The minimum absolute atomic E-state index is 0.160. The van der Waals surface area contributed by atoms with E-state index >= 15 is 0 Å². The number of aliphatic carboxylic acids is 2. The molecule has 0 unspecified atom stereocenters. The van der Waals surface area contributed by atoms with E-state index in [2.05, 4.69) is 19.9 Å². The van der Waals surface area contributed by atoms with Gasteiger partial charge >= 0.3 is 11.9 Å². The van der Waals surface area contributed by atoms with Gasteiger partial charge in [0.1, 0.15) is 12.1 Å². The highest BCUT2D eigenvalue weighted by Gasteiger charge is 2.43. The number of nitrogens with one attached hydrogen (secondary N) is 2. The third kappa shape index (κ3) is 3.83. The zero-order valence-electron chi connectivity index (χ0n) is 25.6. The van der Waals surface area contributed by atoms with E-state index in [0.717, 1.165) is 9.80 Å². The van der Waals surface area contributed by atoms with Crippen molar-refractivity contribution in [1.82, 2.24) is 29.7 Å². The summed E-state index contributed by atoms with van der Waals surface area (Å²) in [7, 11) is 0. The Bertz CT molecular complexity index is 2360. The first-order chi connectivity index (χ1) is 24.2. The average molecular weight is 667 g/mol. The van der Waals surface area contributed by atoms with Crippen LogP contribution in [0.15, 0.2) is 73.6 Å². The minimum Gasteiger partial charge on any atom is -0.480 e. The lowest BCUT2D eigenvalue weighted by Gasteiger charge is -2.33. The van der Waals surface area contributed by atoms with Crippen LogP contribution < -0.4 is 0 Å². The number of imide groups is 2. The Labute approximate surface area is 279 Å². The van der Waals surface area contributed by atoms with Gasteiger partial charge in [0.2, 0.25) is 0 Å². The number of fused-ring (bicyclic) bond motifs is 2. The zero-order chi connectivity index (χ0) is 34.6. The van der Waals surface area contributed by atoms with Gasteiger partial charge in [0.25, 0.3) is 23.6 Å². The number of aromatic nitrogens is 4.